The van der Waals surface area contributed by atoms with Gasteiger partial charge in [0, 0.05) is 18.6 Å². The van der Waals surface area contributed by atoms with E-state index in [0.717, 1.165) is 0 Å². The predicted octanol–water partition coefficient (Wildman–Crippen LogP) is 0.920. The Balaban J connectivity index is 2.84. The Bertz CT molecular complexity index is 516. The zero-order valence-corrected chi connectivity index (χ0v) is 10.2. The first-order valence-electron chi connectivity index (χ1n) is 5.78. The van der Waals surface area contributed by atoms with Gasteiger partial charge in [0.15, 0.2) is 17.5 Å². The van der Waals surface area contributed by atoms with Gasteiger partial charge in [0.2, 0.25) is 5.78 Å². The number of rotatable bonds is 7. The van der Waals surface area contributed by atoms with Crippen LogP contribution in [0, 0.1) is 17.2 Å². The third-order valence-corrected chi connectivity index (χ3v) is 2.55. The highest BCUT2D eigenvalue weighted by atomic mass is 16.3. The van der Waals surface area contributed by atoms with E-state index < -0.39 is 23.3 Å². The first-order valence-corrected chi connectivity index (χ1v) is 5.78. The summed E-state index contributed by atoms with van der Waals surface area (Å²) in [6, 6.07) is 9.47. The molecule has 1 N–H and O–H groups in total. The van der Waals surface area contributed by atoms with Gasteiger partial charge in [0.25, 0.3) is 0 Å². The van der Waals surface area contributed by atoms with Crippen molar-refractivity contribution in [3.63, 3.8) is 0 Å². The zero-order chi connectivity index (χ0) is 14.3. The number of carbonyl (C=O) groups is 3. The molecule has 19 heavy (non-hydrogen) atoms. The van der Waals surface area contributed by atoms with E-state index in [2.05, 4.69) is 0 Å². The van der Waals surface area contributed by atoms with Crippen molar-refractivity contribution in [1.29, 1.82) is 5.26 Å². The Morgan fingerprint density at radius 3 is 2.37 bits per heavy atom. The van der Waals surface area contributed by atoms with Crippen LogP contribution in [0.4, 0.5) is 0 Å². The maximum absolute atomic E-state index is 12.0. The topological polar surface area (TPSA) is 95.2 Å². The van der Waals surface area contributed by atoms with Crippen molar-refractivity contribution in [2.75, 3.05) is 6.61 Å². The smallest absolute Gasteiger partial charge is 0.223 e. The van der Waals surface area contributed by atoms with Gasteiger partial charge in [-0.3, -0.25) is 14.4 Å². The number of benzene rings is 1. The van der Waals surface area contributed by atoms with Gasteiger partial charge in [-0.05, 0) is 6.42 Å². The van der Waals surface area contributed by atoms with Gasteiger partial charge in [0.05, 0.1) is 6.07 Å². The number of carbonyl (C=O) groups excluding carboxylic acids is 3. The Labute approximate surface area is 110 Å². The Hall–Kier alpha value is -2.32. The van der Waals surface area contributed by atoms with Crippen molar-refractivity contribution in [3.05, 3.63) is 35.9 Å². The minimum atomic E-state index is -1.60. The maximum atomic E-state index is 12.0. The highest BCUT2D eigenvalue weighted by molar-refractivity contribution is 6.43. The number of Topliss-reactive ketones (excluding diaryl/α,β-unsaturated/α-hetero) is 3. The fourth-order valence-corrected chi connectivity index (χ4v) is 1.53. The lowest BCUT2D eigenvalue weighted by molar-refractivity contribution is -0.137. The van der Waals surface area contributed by atoms with E-state index in [4.69, 9.17) is 10.4 Å². The molecule has 5 heteroatoms. The molecule has 0 saturated heterocycles. The lowest BCUT2D eigenvalue weighted by atomic mass is 9.92. The summed E-state index contributed by atoms with van der Waals surface area (Å²) in [5, 5.41) is 17.5. The van der Waals surface area contributed by atoms with Gasteiger partial charge in [-0.15, -0.1) is 0 Å². The van der Waals surface area contributed by atoms with Crippen LogP contribution in [0.15, 0.2) is 30.3 Å². The van der Waals surface area contributed by atoms with Crippen LogP contribution in [-0.2, 0) is 9.59 Å². The Morgan fingerprint density at radius 2 is 1.84 bits per heavy atom. The molecule has 1 unspecified atom stereocenters. The van der Waals surface area contributed by atoms with E-state index in [0.29, 0.717) is 0 Å². The van der Waals surface area contributed by atoms with Crippen LogP contribution in [0.1, 0.15) is 23.2 Å². The van der Waals surface area contributed by atoms with Gasteiger partial charge in [-0.1, -0.05) is 30.3 Å². The van der Waals surface area contributed by atoms with E-state index in [1.54, 1.807) is 24.3 Å². The molecule has 0 aromatic heterocycles. The van der Waals surface area contributed by atoms with E-state index in [9.17, 15) is 14.4 Å². The number of nitriles is 1. The summed E-state index contributed by atoms with van der Waals surface area (Å²) in [7, 11) is 0. The third-order valence-electron chi connectivity index (χ3n) is 2.55. The van der Waals surface area contributed by atoms with Gasteiger partial charge in [0.1, 0.15) is 0 Å². The van der Waals surface area contributed by atoms with Gasteiger partial charge in [-0.25, -0.2) is 0 Å². The molecule has 0 amide bonds. The largest absolute Gasteiger partial charge is 0.396 e. The fourth-order valence-electron chi connectivity index (χ4n) is 1.53. The SMILES string of the molecule is N#CC(C(=O)C(=O)CCCO)C(=O)c1ccccc1. The molecule has 0 aliphatic heterocycles. The second-order valence-electron chi connectivity index (χ2n) is 3.91. The highest BCUT2D eigenvalue weighted by Crippen LogP contribution is 2.11. The Kier molecular flexibility index (Phi) is 5.58. The molecule has 0 spiro atoms. The van der Waals surface area contributed by atoms with Crippen molar-refractivity contribution in [2.24, 2.45) is 5.92 Å². The number of hydrogen-bond donors (Lipinski definition) is 1. The molecule has 0 saturated carbocycles. The number of nitrogens with zero attached hydrogens (tertiary/aromatic N) is 1. The lowest BCUT2D eigenvalue weighted by Crippen LogP contribution is -2.29. The second kappa shape index (κ2) is 7.19. The lowest BCUT2D eigenvalue weighted by Gasteiger charge is -2.06. The standard InChI is InChI=1S/C14H13NO4/c15-9-11(14(19)12(17)7-4-8-16)13(18)10-5-2-1-3-6-10/h1-3,5-6,11,16H,4,7-8H2. The molecule has 1 rings (SSSR count). The van der Waals surface area contributed by atoms with E-state index >= 15 is 0 Å². The van der Waals surface area contributed by atoms with E-state index in [-0.39, 0.29) is 25.0 Å². The molecule has 0 aliphatic rings. The number of hydrogen-bond acceptors (Lipinski definition) is 5. The van der Waals surface area contributed by atoms with Crippen LogP contribution in [0.5, 0.6) is 0 Å². The minimum absolute atomic E-state index is 0.141. The van der Waals surface area contributed by atoms with Gasteiger partial charge < -0.3 is 5.11 Å². The summed E-state index contributed by atoms with van der Waals surface area (Å²) in [6.07, 6.45) is -0.0160. The molecular formula is C14H13NO4. The molecule has 1 aromatic rings. The summed E-state index contributed by atoms with van der Waals surface area (Å²) in [5.74, 6) is -4.09. The molecule has 0 fully saturated rings. The molecule has 0 heterocycles. The van der Waals surface area contributed by atoms with Gasteiger partial charge in [-0.2, -0.15) is 5.26 Å². The molecule has 0 bridgehead atoms. The van der Waals surface area contributed by atoms with Gasteiger partial charge >= 0.3 is 0 Å². The average molecular weight is 259 g/mol. The van der Waals surface area contributed by atoms with Crippen molar-refractivity contribution >= 4 is 17.3 Å². The molecule has 1 atom stereocenters. The van der Waals surface area contributed by atoms with Crippen LogP contribution in [0.25, 0.3) is 0 Å². The third kappa shape index (κ3) is 3.83. The minimum Gasteiger partial charge on any atom is -0.396 e. The van der Waals surface area contributed by atoms with Crippen molar-refractivity contribution in [3.8, 4) is 6.07 Å². The normalized spacial score (nSPS) is 11.4. The van der Waals surface area contributed by atoms with Crippen LogP contribution in [-0.4, -0.2) is 29.1 Å². The van der Waals surface area contributed by atoms with Crippen LogP contribution >= 0.6 is 0 Å². The first kappa shape index (κ1) is 14.7. The predicted molar refractivity (Wildman–Crippen MR) is 66.2 cm³/mol. The summed E-state index contributed by atoms with van der Waals surface area (Å²) < 4.78 is 0. The second-order valence-corrected chi connectivity index (χ2v) is 3.91. The molecule has 1 aromatic carbocycles. The summed E-state index contributed by atoms with van der Waals surface area (Å²) in [5.41, 5.74) is 0.220. The number of aliphatic hydroxyl groups excluding tert-OH is 1. The maximum Gasteiger partial charge on any atom is 0.223 e. The Morgan fingerprint density at radius 1 is 1.21 bits per heavy atom. The number of ketones is 3. The summed E-state index contributed by atoms with van der Waals surface area (Å²) >= 11 is 0. The quantitative estimate of drug-likeness (QED) is 0.446. The molecule has 5 nitrogen and oxygen atoms in total. The zero-order valence-electron chi connectivity index (χ0n) is 10.2. The molecule has 0 radical (unpaired) electrons. The van der Waals surface area contributed by atoms with Crippen LogP contribution in [0.2, 0.25) is 0 Å². The fraction of sp³-hybridized carbons (Fsp3) is 0.286. The first-order chi connectivity index (χ1) is 9.11. The van der Waals surface area contributed by atoms with Crippen molar-refractivity contribution < 1.29 is 19.5 Å². The highest BCUT2D eigenvalue weighted by Gasteiger charge is 2.31. The molecular weight excluding hydrogens is 246 g/mol. The summed E-state index contributed by atoms with van der Waals surface area (Å²) in [4.78, 5) is 35.1. The van der Waals surface area contributed by atoms with Crippen LogP contribution < -0.4 is 0 Å². The average Bonchev–Trinajstić information content (AvgIpc) is 2.46. The number of aliphatic hydroxyl groups is 1. The summed E-state index contributed by atoms with van der Waals surface area (Å²) in [6.45, 7) is -0.219. The van der Waals surface area contributed by atoms with E-state index in [1.807, 2.05) is 0 Å². The van der Waals surface area contributed by atoms with Crippen LogP contribution in [0.3, 0.4) is 0 Å². The van der Waals surface area contributed by atoms with Crippen molar-refractivity contribution in [2.45, 2.75) is 12.8 Å². The van der Waals surface area contributed by atoms with Crippen molar-refractivity contribution in [1.82, 2.24) is 0 Å². The monoisotopic (exact) mass is 259 g/mol. The molecule has 0 aliphatic carbocycles. The van der Waals surface area contributed by atoms with E-state index in [1.165, 1.54) is 12.1 Å². The molecule has 98 valence electrons.